The second kappa shape index (κ2) is 5.56. The molecule has 0 heterocycles. The Labute approximate surface area is 93.3 Å². The van der Waals surface area contributed by atoms with E-state index >= 15 is 0 Å². The van der Waals surface area contributed by atoms with Crippen molar-refractivity contribution in [2.75, 3.05) is 12.8 Å². The minimum absolute atomic E-state index is 0.0509. The molecule has 0 aliphatic heterocycles. The molecule has 0 atom stereocenters. The van der Waals surface area contributed by atoms with Crippen LogP contribution in [-0.4, -0.2) is 24.5 Å². The standard InChI is InChI=1S/C11H13NO2S/c1-8(13)7-12-11(14)9-5-3-4-6-10(9)15-2/h3-6H,7H2,1-2H3,(H,12,14). The predicted molar refractivity (Wildman–Crippen MR) is 61.2 cm³/mol. The smallest absolute Gasteiger partial charge is 0.252 e. The fraction of sp³-hybridized carbons (Fsp3) is 0.273. The zero-order valence-corrected chi connectivity index (χ0v) is 9.56. The minimum Gasteiger partial charge on any atom is -0.345 e. The van der Waals surface area contributed by atoms with Gasteiger partial charge in [-0.25, -0.2) is 0 Å². The summed E-state index contributed by atoms with van der Waals surface area (Å²) in [4.78, 5) is 23.3. The van der Waals surface area contributed by atoms with Gasteiger partial charge in [-0.15, -0.1) is 11.8 Å². The summed E-state index contributed by atoms with van der Waals surface area (Å²) in [7, 11) is 0. The number of Topliss-reactive ketones (excluding diaryl/α,β-unsaturated/α-hetero) is 1. The summed E-state index contributed by atoms with van der Waals surface area (Å²) in [5.74, 6) is -0.250. The van der Waals surface area contributed by atoms with Crippen LogP contribution in [0.3, 0.4) is 0 Å². The van der Waals surface area contributed by atoms with Gasteiger partial charge in [0.1, 0.15) is 5.78 Å². The van der Waals surface area contributed by atoms with Crippen molar-refractivity contribution in [3.63, 3.8) is 0 Å². The number of carbonyl (C=O) groups excluding carboxylic acids is 2. The van der Waals surface area contributed by atoms with Gasteiger partial charge in [-0.2, -0.15) is 0 Å². The maximum atomic E-state index is 11.7. The molecule has 0 saturated carbocycles. The van der Waals surface area contributed by atoms with Gasteiger partial charge in [-0.3, -0.25) is 9.59 Å². The van der Waals surface area contributed by atoms with E-state index < -0.39 is 0 Å². The molecule has 4 heteroatoms. The summed E-state index contributed by atoms with van der Waals surface area (Å²) in [6.45, 7) is 1.53. The summed E-state index contributed by atoms with van der Waals surface area (Å²) in [5.41, 5.74) is 0.617. The van der Waals surface area contributed by atoms with Crippen LogP contribution in [-0.2, 0) is 4.79 Å². The second-order valence-corrected chi connectivity index (χ2v) is 3.93. The zero-order valence-electron chi connectivity index (χ0n) is 8.74. The first-order chi connectivity index (χ1) is 7.15. The third kappa shape index (κ3) is 3.40. The Morgan fingerprint density at radius 2 is 2.00 bits per heavy atom. The zero-order chi connectivity index (χ0) is 11.3. The van der Waals surface area contributed by atoms with E-state index in [4.69, 9.17) is 0 Å². The number of hydrogen-bond donors (Lipinski definition) is 1. The lowest BCUT2D eigenvalue weighted by Gasteiger charge is -2.06. The fourth-order valence-electron chi connectivity index (χ4n) is 1.13. The highest BCUT2D eigenvalue weighted by molar-refractivity contribution is 7.98. The maximum Gasteiger partial charge on any atom is 0.252 e. The number of nitrogens with one attached hydrogen (secondary N) is 1. The Bertz CT molecular complexity index is 377. The molecule has 1 aromatic rings. The SMILES string of the molecule is CSc1ccccc1C(=O)NCC(C)=O. The summed E-state index contributed by atoms with van der Waals surface area (Å²) in [5, 5.41) is 2.57. The average molecular weight is 223 g/mol. The molecule has 0 saturated heterocycles. The highest BCUT2D eigenvalue weighted by Gasteiger charge is 2.09. The Morgan fingerprint density at radius 3 is 2.60 bits per heavy atom. The van der Waals surface area contributed by atoms with Crippen LogP contribution in [0.25, 0.3) is 0 Å². The molecule has 0 bridgehead atoms. The average Bonchev–Trinajstić information content (AvgIpc) is 2.25. The number of rotatable bonds is 4. The second-order valence-electron chi connectivity index (χ2n) is 3.08. The first-order valence-electron chi connectivity index (χ1n) is 4.56. The number of amides is 1. The molecule has 80 valence electrons. The molecule has 0 fully saturated rings. The van der Waals surface area contributed by atoms with Crippen LogP contribution in [0.1, 0.15) is 17.3 Å². The third-order valence-electron chi connectivity index (χ3n) is 1.85. The van der Waals surface area contributed by atoms with Crippen molar-refractivity contribution in [3.8, 4) is 0 Å². The van der Waals surface area contributed by atoms with Gasteiger partial charge in [0.15, 0.2) is 0 Å². The van der Waals surface area contributed by atoms with E-state index in [9.17, 15) is 9.59 Å². The van der Waals surface area contributed by atoms with Crippen molar-refractivity contribution in [2.45, 2.75) is 11.8 Å². The van der Waals surface area contributed by atoms with Crippen LogP contribution in [0.2, 0.25) is 0 Å². The van der Waals surface area contributed by atoms with Crippen LogP contribution in [0.5, 0.6) is 0 Å². The summed E-state index contributed by atoms with van der Waals surface area (Å²) in [6, 6.07) is 7.32. The largest absolute Gasteiger partial charge is 0.345 e. The van der Waals surface area contributed by atoms with E-state index in [0.29, 0.717) is 5.56 Å². The molecule has 0 aliphatic rings. The van der Waals surface area contributed by atoms with Gasteiger partial charge in [-0.05, 0) is 25.3 Å². The van der Waals surface area contributed by atoms with Crippen molar-refractivity contribution in [3.05, 3.63) is 29.8 Å². The van der Waals surface area contributed by atoms with E-state index in [1.54, 1.807) is 6.07 Å². The first-order valence-corrected chi connectivity index (χ1v) is 5.78. The predicted octanol–water partition coefficient (Wildman–Crippen LogP) is 1.73. The summed E-state index contributed by atoms with van der Waals surface area (Å²) in [6.07, 6.45) is 1.91. The number of carbonyl (C=O) groups is 2. The molecule has 0 radical (unpaired) electrons. The number of benzene rings is 1. The van der Waals surface area contributed by atoms with E-state index in [-0.39, 0.29) is 18.2 Å². The molecule has 0 aliphatic carbocycles. The van der Waals surface area contributed by atoms with Gasteiger partial charge in [0.25, 0.3) is 5.91 Å². The monoisotopic (exact) mass is 223 g/mol. The van der Waals surface area contributed by atoms with Crippen molar-refractivity contribution in [1.82, 2.24) is 5.32 Å². The van der Waals surface area contributed by atoms with Gasteiger partial charge in [-0.1, -0.05) is 12.1 Å². The van der Waals surface area contributed by atoms with E-state index in [1.165, 1.54) is 18.7 Å². The van der Waals surface area contributed by atoms with Crippen LogP contribution < -0.4 is 5.32 Å². The molecule has 0 spiro atoms. The molecule has 1 N–H and O–H groups in total. The fourth-order valence-corrected chi connectivity index (χ4v) is 1.73. The topological polar surface area (TPSA) is 46.2 Å². The Morgan fingerprint density at radius 1 is 1.33 bits per heavy atom. The lowest BCUT2D eigenvalue weighted by Crippen LogP contribution is -2.28. The van der Waals surface area contributed by atoms with Crippen LogP contribution in [0.4, 0.5) is 0 Å². The van der Waals surface area contributed by atoms with Gasteiger partial charge < -0.3 is 5.32 Å². The van der Waals surface area contributed by atoms with E-state index in [1.807, 2.05) is 24.5 Å². The highest BCUT2D eigenvalue weighted by atomic mass is 32.2. The summed E-state index contributed by atoms with van der Waals surface area (Å²) < 4.78 is 0. The van der Waals surface area contributed by atoms with Crippen LogP contribution in [0, 0.1) is 0 Å². The Balaban J connectivity index is 2.77. The molecule has 15 heavy (non-hydrogen) atoms. The molecular formula is C11H13NO2S. The van der Waals surface area contributed by atoms with Crippen LogP contribution >= 0.6 is 11.8 Å². The number of hydrogen-bond acceptors (Lipinski definition) is 3. The van der Waals surface area contributed by atoms with E-state index in [2.05, 4.69) is 5.32 Å². The van der Waals surface area contributed by atoms with Crippen molar-refractivity contribution < 1.29 is 9.59 Å². The van der Waals surface area contributed by atoms with Gasteiger partial charge >= 0.3 is 0 Å². The lowest BCUT2D eigenvalue weighted by molar-refractivity contribution is -0.116. The van der Waals surface area contributed by atoms with Gasteiger partial charge in [0.2, 0.25) is 0 Å². The van der Waals surface area contributed by atoms with Crippen molar-refractivity contribution in [1.29, 1.82) is 0 Å². The minimum atomic E-state index is -0.199. The molecule has 1 amide bonds. The van der Waals surface area contributed by atoms with Gasteiger partial charge in [0, 0.05) is 4.90 Å². The maximum absolute atomic E-state index is 11.7. The van der Waals surface area contributed by atoms with Gasteiger partial charge in [0.05, 0.1) is 12.1 Å². The van der Waals surface area contributed by atoms with Crippen LogP contribution in [0.15, 0.2) is 29.2 Å². The molecule has 0 aromatic heterocycles. The Hall–Kier alpha value is -1.29. The molecular weight excluding hydrogens is 210 g/mol. The quantitative estimate of drug-likeness (QED) is 0.791. The Kier molecular flexibility index (Phi) is 4.37. The summed E-state index contributed by atoms with van der Waals surface area (Å²) >= 11 is 1.51. The van der Waals surface area contributed by atoms with Crippen molar-refractivity contribution >= 4 is 23.5 Å². The third-order valence-corrected chi connectivity index (χ3v) is 2.65. The first kappa shape index (κ1) is 11.8. The van der Waals surface area contributed by atoms with E-state index in [0.717, 1.165) is 4.90 Å². The molecule has 1 rings (SSSR count). The molecule has 3 nitrogen and oxygen atoms in total. The molecule has 1 aromatic carbocycles. The molecule has 0 unspecified atom stereocenters. The highest BCUT2D eigenvalue weighted by Crippen LogP contribution is 2.19. The van der Waals surface area contributed by atoms with Crippen molar-refractivity contribution in [2.24, 2.45) is 0 Å². The number of ketones is 1. The number of thioether (sulfide) groups is 1. The normalized spacial score (nSPS) is 9.73. The lowest BCUT2D eigenvalue weighted by atomic mass is 10.2.